The standard InChI is InChI=1S/C23H17Cl2NO3/c24-17-6-4-14(10-18(17)25)19-3-1-2-16(26-19)12-22(27)23(8-9-23)15-5-7-20-21(11-15)29-13-28-20/h1-7,10-11H,8-9,12-13H2. The Labute approximate surface area is 178 Å². The number of nitrogens with zero attached hydrogens (tertiary/aromatic N) is 1. The minimum atomic E-state index is -0.442. The van der Waals surface area contributed by atoms with E-state index >= 15 is 0 Å². The molecule has 0 spiro atoms. The third-order valence-electron chi connectivity index (χ3n) is 5.57. The highest BCUT2D eigenvalue weighted by Gasteiger charge is 2.50. The molecule has 2 aromatic carbocycles. The number of ketones is 1. The lowest BCUT2D eigenvalue weighted by atomic mass is 9.88. The van der Waals surface area contributed by atoms with Crippen LogP contribution in [0.5, 0.6) is 11.5 Å². The summed E-state index contributed by atoms with van der Waals surface area (Å²) in [6, 6.07) is 16.9. The van der Waals surface area contributed by atoms with Crippen LogP contribution in [-0.4, -0.2) is 17.6 Å². The number of benzene rings is 2. The Morgan fingerprint density at radius 2 is 1.79 bits per heavy atom. The van der Waals surface area contributed by atoms with Crippen LogP contribution in [0.3, 0.4) is 0 Å². The number of carbonyl (C=O) groups excluding carboxylic acids is 1. The van der Waals surface area contributed by atoms with Crippen molar-refractivity contribution in [3.05, 3.63) is 75.9 Å². The summed E-state index contributed by atoms with van der Waals surface area (Å²) in [5, 5.41) is 0.980. The molecule has 0 atom stereocenters. The minimum Gasteiger partial charge on any atom is -0.454 e. The van der Waals surface area contributed by atoms with Crippen LogP contribution >= 0.6 is 23.2 Å². The van der Waals surface area contributed by atoms with Gasteiger partial charge in [0.25, 0.3) is 0 Å². The number of pyridine rings is 1. The second-order valence-electron chi connectivity index (χ2n) is 7.39. The molecule has 0 saturated heterocycles. The van der Waals surface area contributed by atoms with E-state index in [9.17, 15) is 4.79 Å². The zero-order valence-electron chi connectivity index (χ0n) is 15.5. The van der Waals surface area contributed by atoms with Crippen molar-refractivity contribution in [1.82, 2.24) is 4.98 Å². The summed E-state index contributed by atoms with van der Waals surface area (Å²) in [7, 11) is 0. The fraction of sp³-hybridized carbons (Fsp3) is 0.217. The minimum absolute atomic E-state index is 0.176. The molecule has 1 fully saturated rings. The van der Waals surface area contributed by atoms with Gasteiger partial charge in [-0.2, -0.15) is 0 Å². The molecular weight excluding hydrogens is 409 g/mol. The lowest BCUT2D eigenvalue weighted by Gasteiger charge is -2.15. The van der Waals surface area contributed by atoms with E-state index < -0.39 is 5.41 Å². The normalized spacial score (nSPS) is 15.9. The summed E-state index contributed by atoms with van der Waals surface area (Å²) in [6.45, 7) is 0.227. The number of halogens is 2. The average Bonchev–Trinajstić information content (AvgIpc) is 3.41. The second-order valence-corrected chi connectivity index (χ2v) is 8.21. The summed E-state index contributed by atoms with van der Waals surface area (Å²) in [6.07, 6.45) is 1.97. The fourth-order valence-electron chi connectivity index (χ4n) is 3.78. The molecule has 1 aliphatic heterocycles. The molecule has 1 saturated carbocycles. The van der Waals surface area contributed by atoms with Crippen molar-refractivity contribution in [3.8, 4) is 22.8 Å². The molecule has 0 N–H and O–H groups in total. The van der Waals surface area contributed by atoms with E-state index in [2.05, 4.69) is 4.98 Å². The molecule has 1 aliphatic carbocycles. The van der Waals surface area contributed by atoms with Gasteiger partial charge in [-0.15, -0.1) is 0 Å². The highest BCUT2D eigenvalue weighted by Crippen LogP contribution is 2.51. The number of aromatic nitrogens is 1. The van der Waals surface area contributed by atoms with E-state index in [1.807, 2.05) is 42.5 Å². The summed E-state index contributed by atoms with van der Waals surface area (Å²) >= 11 is 12.1. The molecule has 146 valence electrons. The molecule has 2 aliphatic rings. The Balaban J connectivity index is 1.39. The Bertz CT molecular complexity index is 1120. The van der Waals surface area contributed by atoms with Crippen LogP contribution in [0.25, 0.3) is 11.3 Å². The van der Waals surface area contributed by atoms with Crippen molar-refractivity contribution in [3.63, 3.8) is 0 Å². The first-order valence-electron chi connectivity index (χ1n) is 9.40. The van der Waals surface area contributed by atoms with Crippen molar-refractivity contribution in [2.24, 2.45) is 0 Å². The molecule has 6 heteroatoms. The first-order valence-corrected chi connectivity index (χ1v) is 10.2. The molecule has 3 aromatic rings. The van der Waals surface area contributed by atoms with Crippen LogP contribution in [0, 0.1) is 0 Å². The lowest BCUT2D eigenvalue weighted by Crippen LogP contribution is -2.23. The van der Waals surface area contributed by atoms with Crippen molar-refractivity contribution in [2.45, 2.75) is 24.7 Å². The molecule has 1 aromatic heterocycles. The van der Waals surface area contributed by atoms with E-state index in [4.69, 9.17) is 32.7 Å². The van der Waals surface area contributed by atoms with Gasteiger partial charge in [0.05, 0.1) is 21.2 Å². The van der Waals surface area contributed by atoms with Gasteiger partial charge in [0.1, 0.15) is 5.78 Å². The molecule has 0 unspecified atom stereocenters. The predicted octanol–water partition coefficient (Wildman–Crippen LogP) is 5.63. The van der Waals surface area contributed by atoms with E-state index in [0.29, 0.717) is 15.8 Å². The van der Waals surface area contributed by atoms with Gasteiger partial charge in [0.2, 0.25) is 6.79 Å². The Hall–Kier alpha value is -2.56. The van der Waals surface area contributed by atoms with Crippen LogP contribution in [-0.2, 0) is 16.6 Å². The molecular formula is C23H17Cl2NO3. The van der Waals surface area contributed by atoms with E-state index in [1.165, 1.54) is 0 Å². The topological polar surface area (TPSA) is 48.4 Å². The third kappa shape index (κ3) is 3.37. The molecule has 29 heavy (non-hydrogen) atoms. The largest absolute Gasteiger partial charge is 0.454 e. The van der Waals surface area contributed by atoms with Gasteiger partial charge in [0.15, 0.2) is 11.5 Å². The quantitative estimate of drug-likeness (QED) is 0.531. The van der Waals surface area contributed by atoms with E-state index in [1.54, 1.807) is 12.1 Å². The second kappa shape index (κ2) is 7.05. The lowest BCUT2D eigenvalue weighted by molar-refractivity contribution is -0.120. The average molecular weight is 426 g/mol. The van der Waals surface area contributed by atoms with Crippen molar-refractivity contribution >= 4 is 29.0 Å². The van der Waals surface area contributed by atoms with Gasteiger partial charge in [-0.3, -0.25) is 9.78 Å². The molecule has 0 radical (unpaired) electrons. The van der Waals surface area contributed by atoms with Crippen LogP contribution in [0.2, 0.25) is 10.0 Å². The number of Topliss-reactive ketones (excluding diaryl/α,β-unsaturated/α-hetero) is 1. The summed E-state index contributed by atoms with van der Waals surface area (Å²) in [5.41, 5.74) is 2.92. The predicted molar refractivity (Wildman–Crippen MR) is 112 cm³/mol. The maximum Gasteiger partial charge on any atom is 0.231 e. The van der Waals surface area contributed by atoms with Crippen LogP contribution < -0.4 is 9.47 Å². The van der Waals surface area contributed by atoms with Crippen LogP contribution in [0.15, 0.2) is 54.6 Å². The first kappa shape index (κ1) is 18.5. The summed E-state index contributed by atoms with van der Waals surface area (Å²) in [4.78, 5) is 17.9. The summed E-state index contributed by atoms with van der Waals surface area (Å²) in [5.74, 6) is 1.62. The number of fused-ring (bicyclic) bond motifs is 1. The van der Waals surface area contributed by atoms with Gasteiger partial charge in [-0.25, -0.2) is 0 Å². The van der Waals surface area contributed by atoms with Gasteiger partial charge < -0.3 is 9.47 Å². The fourth-order valence-corrected chi connectivity index (χ4v) is 4.07. The van der Waals surface area contributed by atoms with Crippen LogP contribution in [0.1, 0.15) is 24.1 Å². The molecule has 0 bridgehead atoms. The Morgan fingerprint density at radius 3 is 2.59 bits per heavy atom. The highest BCUT2D eigenvalue weighted by atomic mass is 35.5. The van der Waals surface area contributed by atoms with Crippen molar-refractivity contribution < 1.29 is 14.3 Å². The van der Waals surface area contributed by atoms with Gasteiger partial charge >= 0.3 is 0 Å². The number of rotatable bonds is 5. The number of ether oxygens (including phenoxy) is 2. The van der Waals surface area contributed by atoms with Gasteiger partial charge in [-0.1, -0.05) is 41.4 Å². The molecule has 0 amide bonds. The third-order valence-corrected chi connectivity index (χ3v) is 6.31. The summed E-state index contributed by atoms with van der Waals surface area (Å²) < 4.78 is 10.9. The Morgan fingerprint density at radius 1 is 0.966 bits per heavy atom. The smallest absolute Gasteiger partial charge is 0.231 e. The maximum atomic E-state index is 13.2. The first-order chi connectivity index (χ1) is 14.0. The van der Waals surface area contributed by atoms with Gasteiger partial charge in [-0.05, 0) is 54.8 Å². The molecule has 5 rings (SSSR count). The van der Waals surface area contributed by atoms with Crippen LogP contribution in [0.4, 0.5) is 0 Å². The SMILES string of the molecule is O=C(Cc1cccc(-c2ccc(Cl)c(Cl)c2)n1)C1(c2ccc3c(c2)OCO3)CC1. The van der Waals surface area contributed by atoms with Crippen molar-refractivity contribution in [1.29, 1.82) is 0 Å². The number of carbonyl (C=O) groups is 1. The molecule has 2 heterocycles. The van der Waals surface area contributed by atoms with Crippen molar-refractivity contribution in [2.75, 3.05) is 6.79 Å². The Kier molecular flexibility index (Phi) is 4.49. The maximum absolute atomic E-state index is 13.2. The van der Waals surface area contributed by atoms with E-state index in [-0.39, 0.29) is 19.0 Å². The van der Waals surface area contributed by atoms with E-state index in [0.717, 1.165) is 41.1 Å². The zero-order chi connectivity index (χ0) is 20.0. The number of hydrogen-bond donors (Lipinski definition) is 0. The van der Waals surface area contributed by atoms with Gasteiger partial charge in [0, 0.05) is 17.7 Å². The molecule has 4 nitrogen and oxygen atoms in total. The number of hydrogen-bond acceptors (Lipinski definition) is 4. The highest BCUT2D eigenvalue weighted by molar-refractivity contribution is 6.42. The monoisotopic (exact) mass is 425 g/mol. The zero-order valence-corrected chi connectivity index (χ0v) is 17.0.